The number of carbonyl (C=O) groups is 1. The summed E-state index contributed by atoms with van der Waals surface area (Å²) in [6, 6.07) is 12.6. The Morgan fingerprint density at radius 3 is 2.67 bits per heavy atom. The van der Waals surface area contributed by atoms with Gasteiger partial charge in [0.15, 0.2) is 6.61 Å². The van der Waals surface area contributed by atoms with Crippen LogP contribution in [-0.4, -0.2) is 23.1 Å². The number of ether oxygens (including phenoxy) is 1. The highest BCUT2D eigenvalue weighted by Crippen LogP contribution is 2.22. The van der Waals surface area contributed by atoms with Crippen LogP contribution in [0.5, 0.6) is 5.75 Å². The summed E-state index contributed by atoms with van der Waals surface area (Å²) in [5, 5.41) is 0.482. The molecule has 0 N–H and O–H groups in total. The molecule has 2 aromatic rings. The van der Waals surface area contributed by atoms with Crippen LogP contribution >= 0.6 is 11.6 Å². The molecule has 0 atom stereocenters. The van der Waals surface area contributed by atoms with Gasteiger partial charge in [-0.05, 0) is 38.1 Å². The SMILES string of the molecule is CC(C)N=c1ccccn1C(=O)COc1ccccc1Cl. The van der Waals surface area contributed by atoms with Gasteiger partial charge in [0.2, 0.25) is 0 Å². The molecule has 0 radical (unpaired) electrons. The molecule has 110 valence electrons. The molecule has 5 heteroatoms. The summed E-state index contributed by atoms with van der Waals surface area (Å²) >= 11 is 5.99. The van der Waals surface area contributed by atoms with Crippen LogP contribution in [0.25, 0.3) is 0 Å². The maximum absolute atomic E-state index is 12.3. The highest BCUT2D eigenvalue weighted by atomic mass is 35.5. The minimum atomic E-state index is -0.199. The number of hydrogen-bond donors (Lipinski definition) is 0. The van der Waals surface area contributed by atoms with Crippen molar-refractivity contribution in [2.45, 2.75) is 19.9 Å². The van der Waals surface area contributed by atoms with Gasteiger partial charge in [0.25, 0.3) is 5.91 Å². The van der Waals surface area contributed by atoms with E-state index in [1.165, 1.54) is 4.57 Å². The van der Waals surface area contributed by atoms with E-state index in [1.54, 1.807) is 36.5 Å². The molecule has 0 aliphatic carbocycles. The van der Waals surface area contributed by atoms with E-state index in [1.807, 2.05) is 26.0 Å². The lowest BCUT2D eigenvalue weighted by atomic mass is 10.3. The Kier molecular flexibility index (Phi) is 5.17. The van der Waals surface area contributed by atoms with Crippen molar-refractivity contribution in [3.05, 3.63) is 59.2 Å². The Balaban J connectivity index is 2.17. The molecule has 0 unspecified atom stereocenters. The third kappa shape index (κ3) is 4.20. The lowest BCUT2D eigenvalue weighted by Gasteiger charge is -2.09. The molecule has 0 fully saturated rings. The molecule has 1 heterocycles. The molecular formula is C16H17ClN2O2. The molecule has 0 saturated heterocycles. The number of pyridine rings is 1. The van der Waals surface area contributed by atoms with Crippen molar-refractivity contribution in [3.63, 3.8) is 0 Å². The van der Waals surface area contributed by atoms with Crippen molar-refractivity contribution in [1.29, 1.82) is 0 Å². The fourth-order valence-electron chi connectivity index (χ4n) is 1.79. The molecule has 1 aromatic carbocycles. The van der Waals surface area contributed by atoms with E-state index in [4.69, 9.17) is 16.3 Å². The van der Waals surface area contributed by atoms with Crippen molar-refractivity contribution in [1.82, 2.24) is 4.57 Å². The Morgan fingerprint density at radius 1 is 1.24 bits per heavy atom. The molecule has 0 bridgehead atoms. The second-order valence-corrected chi connectivity index (χ2v) is 5.17. The third-order valence-corrected chi connectivity index (χ3v) is 3.00. The summed E-state index contributed by atoms with van der Waals surface area (Å²) in [5.41, 5.74) is 0.611. The lowest BCUT2D eigenvalue weighted by Crippen LogP contribution is -2.31. The number of carbonyl (C=O) groups excluding carboxylic acids is 1. The van der Waals surface area contributed by atoms with Gasteiger partial charge in [-0.25, -0.2) is 0 Å². The number of para-hydroxylation sites is 1. The number of nitrogens with zero attached hydrogens (tertiary/aromatic N) is 2. The van der Waals surface area contributed by atoms with Gasteiger partial charge in [-0.2, -0.15) is 0 Å². The fourth-order valence-corrected chi connectivity index (χ4v) is 1.98. The zero-order valence-electron chi connectivity index (χ0n) is 12.0. The van der Waals surface area contributed by atoms with E-state index in [0.29, 0.717) is 16.3 Å². The van der Waals surface area contributed by atoms with Crippen molar-refractivity contribution in [3.8, 4) is 5.75 Å². The minimum Gasteiger partial charge on any atom is -0.482 e. The first-order valence-electron chi connectivity index (χ1n) is 6.70. The maximum atomic E-state index is 12.3. The van der Waals surface area contributed by atoms with Crippen LogP contribution in [0, 0.1) is 0 Å². The fraction of sp³-hybridized carbons (Fsp3) is 0.250. The number of rotatable bonds is 4. The molecule has 0 aliphatic heterocycles. The maximum Gasteiger partial charge on any atom is 0.270 e. The van der Waals surface area contributed by atoms with Crippen LogP contribution in [0.4, 0.5) is 0 Å². The first-order chi connectivity index (χ1) is 10.1. The summed E-state index contributed by atoms with van der Waals surface area (Å²) in [6.07, 6.45) is 1.68. The minimum absolute atomic E-state index is 0.0982. The second-order valence-electron chi connectivity index (χ2n) is 4.76. The van der Waals surface area contributed by atoms with Crippen LogP contribution < -0.4 is 10.2 Å². The Labute approximate surface area is 128 Å². The first kappa shape index (κ1) is 15.3. The summed E-state index contributed by atoms with van der Waals surface area (Å²) in [7, 11) is 0. The van der Waals surface area contributed by atoms with Crippen LogP contribution in [0.1, 0.15) is 18.6 Å². The van der Waals surface area contributed by atoms with Crippen LogP contribution in [0.3, 0.4) is 0 Å². The monoisotopic (exact) mass is 304 g/mol. The van der Waals surface area contributed by atoms with E-state index < -0.39 is 0 Å². The van der Waals surface area contributed by atoms with Crippen LogP contribution in [0.15, 0.2) is 53.7 Å². The van der Waals surface area contributed by atoms with E-state index in [0.717, 1.165) is 0 Å². The van der Waals surface area contributed by atoms with Gasteiger partial charge < -0.3 is 4.74 Å². The zero-order valence-corrected chi connectivity index (χ0v) is 12.7. The summed E-state index contributed by atoms with van der Waals surface area (Å²) in [5.74, 6) is 0.293. The lowest BCUT2D eigenvalue weighted by molar-refractivity contribution is 0.0831. The van der Waals surface area contributed by atoms with E-state index in [2.05, 4.69) is 4.99 Å². The molecule has 21 heavy (non-hydrogen) atoms. The number of halogens is 1. The summed E-state index contributed by atoms with van der Waals surface area (Å²) < 4.78 is 6.95. The number of hydrogen-bond acceptors (Lipinski definition) is 3. The number of benzene rings is 1. The normalized spacial score (nSPS) is 11.7. The quantitative estimate of drug-likeness (QED) is 0.871. The molecule has 1 aromatic heterocycles. The first-order valence-corrected chi connectivity index (χ1v) is 7.08. The van der Waals surface area contributed by atoms with Gasteiger partial charge >= 0.3 is 0 Å². The van der Waals surface area contributed by atoms with Crippen molar-refractivity contribution >= 4 is 17.5 Å². The van der Waals surface area contributed by atoms with E-state index in [-0.39, 0.29) is 18.6 Å². The molecule has 2 rings (SSSR count). The predicted octanol–water partition coefficient (Wildman–Crippen LogP) is 3.17. The van der Waals surface area contributed by atoms with Gasteiger partial charge in [-0.1, -0.05) is 29.8 Å². The highest BCUT2D eigenvalue weighted by Gasteiger charge is 2.08. The average molecular weight is 305 g/mol. The molecule has 0 saturated carbocycles. The summed E-state index contributed by atoms with van der Waals surface area (Å²) in [4.78, 5) is 16.7. The van der Waals surface area contributed by atoms with Gasteiger partial charge in [0, 0.05) is 12.2 Å². The predicted molar refractivity (Wildman–Crippen MR) is 82.7 cm³/mol. The largest absolute Gasteiger partial charge is 0.482 e. The van der Waals surface area contributed by atoms with Crippen LogP contribution in [-0.2, 0) is 0 Å². The van der Waals surface area contributed by atoms with Crippen molar-refractivity contribution < 1.29 is 9.53 Å². The third-order valence-electron chi connectivity index (χ3n) is 2.69. The Hall–Kier alpha value is -2.07. The standard InChI is InChI=1S/C16H17ClN2O2/c1-12(2)18-15-9-5-6-10-19(15)16(20)11-21-14-8-4-3-7-13(14)17/h3-10,12H,11H2,1-2H3. The molecule has 0 aliphatic rings. The van der Waals surface area contributed by atoms with Gasteiger partial charge in [-0.15, -0.1) is 0 Å². The Morgan fingerprint density at radius 2 is 1.95 bits per heavy atom. The van der Waals surface area contributed by atoms with Gasteiger partial charge in [0.1, 0.15) is 11.2 Å². The van der Waals surface area contributed by atoms with Gasteiger partial charge in [-0.3, -0.25) is 14.4 Å². The molecular weight excluding hydrogens is 288 g/mol. The number of aromatic nitrogens is 1. The Bertz CT molecular complexity index is 692. The van der Waals surface area contributed by atoms with E-state index in [9.17, 15) is 4.79 Å². The summed E-state index contributed by atoms with van der Waals surface area (Å²) in [6.45, 7) is 3.82. The highest BCUT2D eigenvalue weighted by molar-refractivity contribution is 6.32. The van der Waals surface area contributed by atoms with Gasteiger partial charge in [0.05, 0.1) is 5.02 Å². The zero-order chi connectivity index (χ0) is 15.2. The van der Waals surface area contributed by atoms with Crippen LogP contribution in [0.2, 0.25) is 5.02 Å². The van der Waals surface area contributed by atoms with Crippen molar-refractivity contribution in [2.24, 2.45) is 4.99 Å². The topological polar surface area (TPSA) is 43.6 Å². The smallest absolute Gasteiger partial charge is 0.270 e. The van der Waals surface area contributed by atoms with Crippen molar-refractivity contribution in [2.75, 3.05) is 6.61 Å². The second kappa shape index (κ2) is 7.09. The average Bonchev–Trinajstić information content (AvgIpc) is 2.46. The molecule has 4 nitrogen and oxygen atoms in total. The molecule has 0 spiro atoms. The van der Waals surface area contributed by atoms with E-state index >= 15 is 0 Å². The molecule has 0 amide bonds.